The van der Waals surface area contributed by atoms with E-state index >= 15 is 0 Å². The second-order valence-corrected chi connectivity index (χ2v) is 4.22. The molecule has 0 saturated heterocycles. The summed E-state index contributed by atoms with van der Waals surface area (Å²) in [5.41, 5.74) is 6.11. The van der Waals surface area contributed by atoms with Crippen molar-refractivity contribution in [3.8, 4) is 0 Å². The smallest absolute Gasteiger partial charge is 0.0799 e. The van der Waals surface area contributed by atoms with Crippen molar-refractivity contribution in [1.82, 2.24) is 0 Å². The molecular formula is C14H20O. The Morgan fingerprint density at radius 2 is 1.93 bits per heavy atom. The molecule has 1 aromatic carbocycles. The highest BCUT2D eigenvalue weighted by molar-refractivity contribution is 5.48. The number of hydrogen-bond acceptors (Lipinski definition) is 1. The number of rotatable bonds is 4. The molecule has 82 valence electrons. The Labute approximate surface area is 92.5 Å². The van der Waals surface area contributed by atoms with E-state index in [9.17, 15) is 0 Å². The molecule has 2 rings (SSSR count). The van der Waals surface area contributed by atoms with Crippen molar-refractivity contribution < 1.29 is 4.74 Å². The lowest BCUT2D eigenvalue weighted by Gasteiger charge is -2.28. The van der Waals surface area contributed by atoms with Gasteiger partial charge in [0.05, 0.1) is 6.10 Å². The number of benzene rings is 1. The molecule has 0 aromatic heterocycles. The zero-order valence-corrected chi connectivity index (χ0v) is 9.97. The Kier molecular flexibility index (Phi) is 3.11. The minimum atomic E-state index is 0.259. The molecule has 0 bridgehead atoms. The van der Waals surface area contributed by atoms with Gasteiger partial charge in [0, 0.05) is 6.61 Å². The number of fused-ring (bicyclic) bond motifs is 1. The van der Waals surface area contributed by atoms with E-state index in [1.165, 1.54) is 24.0 Å². The lowest BCUT2D eigenvalue weighted by Crippen LogP contribution is -2.17. The van der Waals surface area contributed by atoms with Crippen LogP contribution >= 0.6 is 0 Å². The fourth-order valence-electron chi connectivity index (χ4n) is 2.49. The Morgan fingerprint density at radius 3 is 2.47 bits per heavy atom. The monoisotopic (exact) mass is 204 g/mol. The first kappa shape index (κ1) is 10.7. The van der Waals surface area contributed by atoms with Crippen LogP contribution in [0.15, 0.2) is 12.1 Å². The highest BCUT2D eigenvalue weighted by Gasteiger charge is 2.22. The molecule has 1 aliphatic rings. The second-order valence-electron chi connectivity index (χ2n) is 4.22. The quantitative estimate of drug-likeness (QED) is 0.730. The molecule has 0 radical (unpaired) electrons. The van der Waals surface area contributed by atoms with Gasteiger partial charge < -0.3 is 4.74 Å². The zero-order valence-electron chi connectivity index (χ0n) is 9.97. The summed E-state index contributed by atoms with van der Waals surface area (Å²) in [4.78, 5) is 0. The molecule has 0 heterocycles. The van der Waals surface area contributed by atoms with Gasteiger partial charge >= 0.3 is 0 Å². The van der Waals surface area contributed by atoms with E-state index in [0.717, 1.165) is 13.0 Å². The maximum atomic E-state index is 5.67. The molecule has 0 N–H and O–H groups in total. The third-order valence-electron chi connectivity index (χ3n) is 3.42. The third-order valence-corrected chi connectivity index (χ3v) is 3.42. The zero-order chi connectivity index (χ0) is 10.8. The average Bonchev–Trinajstić information content (AvgIpc) is 2.19. The maximum Gasteiger partial charge on any atom is 0.0799 e. The SMILES string of the molecule is CCOC(C)c1ccc(CC)c2c1CC2. The summed E-state index contributed by atoms with van der Waals surface area (Å²) in [5, 5.41) is 0. The van der Waals surface area contributed by atoms with Crippen LogP contribution in [0.4, 0.5) is 0 Å². The summed E-state index contributed by atoms with van der Waals surface area (Å²) >= 11 is 0. The van der Waals surface area contributed by atoms with Gasteiger partial charge in [-0.2, -0.15) is 0 Å². The second kappa shape index (κ2) is 4.36. The number of ether oxygens (including phenoxy) is 1. The molecule has 0 spiro atoms. The molecule has 1 aliphatic carbocycles. The van der Waals surface area contributed by atoms with Crippen LogP contribution in [-0.4, -0.2) is 6.61 Å². The lowest BCUT2D eigenvalue weighted by atomic mass is 9.79. The van der Waals surface area contributed by atoms with Gasteiger partial charge in [-0.15, -0.1) is 0 Å². The van der Waals surface area contributed by atoms with Gasteiger partial charge in [0.15, 0.2) is 0 Å². The molecule has 0 saturated carbocycles. The van der Waals surface area contributed by atoms with Crippen molar-refractivity contribution in [3.63, 3.8) is 0 Å². The van der Waals surface area contributed by atoms with Crippen LogP contribution in [0.3, 0.4) is 0 Å². The van der Waals surface area contributed by atoms with Gasteiger partial charge in [-0.05, 0) is 55.4 Å². The van der Waals surface area contributed by atoms with Crippen molar-refractivity contribution in [3.05, 3.63) is 34.4 Å². The Balaban J connectivity index is 2.31. The van der Waals surface area contributed by atoms with Crippen LogP contribution in [0.5, 0.6) is 0 Å². The summed E-state index contributed by atoms with van der Waals surface area (Å²) in [6.07, 6.45) is 3.93. The van der Waals surface area contributed by atoms with Gasteiger partial charge in [0.25, 0.3) is 0 Å². The Bertz CT molecular complexity index is 355. The number of aryl methyl sites for hydroxylation is 1. The molecule has 1 aromatic rings. The first-order valence-electron chi connectivity index (χ1n) is 6.03. The summed E-state index contributed by atoms with van der Waals surface area (Å²) in [6, 6.07) is 4.54. The standard InChI is InChI=1S/C14H20O/c1-4-11-6-7-12(10(3)15-5-2)14-9-8-13(11)14/h6-7,10H,4-5,8-9H2,1-3H3. The average molecular weight is 204 g/mol. The molecule has 0 amide bonds. The summed E-state index contributed by atoms with van der Waals surface area (Å²) in [5.74, 6) is 0. The lowest BCUT2D eigenvalue weighted by molar-refractivity contribution is 0.0754. The minimum Gasteiger partial charge on any atom is -0.374 e. The van der Waals surface area contributed by atoms with Crippen molar-refractivity contribution >= 4 is 0 Å². The van der Waals surface area contributed by atoms with Crippen LogP contribution in [-0.2, 0) is 24.0 Å². The largest absolute Gasteiger partial charge is 0.374 e. The van der Waals surface area contributed by atoms with E-state index < -0.39 is 0 Å². The van der Waals surface area contributed by atoms with E-state index in [0.29, 0.717) is 0 Å². The van der Waals surface area contributed by atoms with Gasteiger partial charge in [-0.3, -0.25) is 0 Å². The summed E-state index contributed by atoms with van der Waals surface area (Å²) in [6.45, 7) is 7.25. The van der Waals surface area contributed by atoms with Crippen LogP contribution in [0.25, 0.3) is 0 Å². The van der Waals surface area contributed by atoms with Gasteiger partial charge in [-0.1, -0.05) is 19.1 Å². The van der Waals surface area contributed by atoms with E-state index in [1.807, 2.05) is 0 Å². The third kappa shape index (κ3) is 1.81. The topological polar surface area (TPSA) is 9.23 Å². The fourth-order valence-corrected chi connectivity index (χ4v) is 2.49. The molecular weight excluding hydrogens is 184 g/mol. The van der Waals surface area contributed by atoms with E-state index in [1.54, 1.807) is 11.1 Å². The Morgan fingerprint density at radius 1 is 1.20 bits per heavy atom. The fraction of sp³-hybridized carbons (Fsp3) is 0.571. The van der Waals surface area contributed by atoms with Crippen molar-refractivity contribution in [2.75, 3.05) is 6.61 Å². The molecule has 1 unspecified atom stereocenters. The van der Waals surface area contributed by atoms with E-state index in [-0.39, 0.29) is 6.10 Å². The van der Waals surface area contributed by atoms with Crippen LogP contribution < -0.4 is 0 Å². The Hall–Kier alpha value is -0.820. The van der Waals surface area contributed by atoms with Gasteiger partial charge in [0.2, 0.25) is 0 Å². The van der Waals surface area contributed by atoms with E-state index in [4.69, 9.17) is 4.74 Å². The summed E-state index contributed by atoms with van der Waals surface area (Å²) < 4.78 is 5.67. The minimum absolute atomic E-state index is 0.259. The first-order valence-corrected chi connectivity index (χ1v) is 6.03. The molecule has 1 nitrogen and oxygen atoms in total. The molecule has 1 atom stereocenters. The first-order chi connectivity index (χ1) is 7.27. The molecule has 1 heteroatoms. The molecule has 15 heavy (non-hydrogen) atoms. The highest BCUT2D eigenvalue weighted by Crippen LogP contribution is 2.34. The predicted octanol–water partition coefficient (Wildman–Crippen LogP) is 3.45. The van der Waals surface area contributed by atoms with Crippen molar-refractivity contribution in [2.24, 2.45) is 0 Å². The highest BCUT2D eigenvalue weighted by atomic mass is 16.5. The van der Waals surface area contributed by atoms with Gasteiger partial charge in [-0.25, -0.2) is 0 Å². The van der Waals surface area contributed by atoms with Gasteiger partial charge in [0.1, 0.15) is 0 Å². The maximum absolute atomic E-state index is 5.67. The van der Waals surface area contributed by atoms with Crippen molar-refractivity contribution in [1.29, 1.82) is 0 Å². The van der Waals surface area contributed by atoms with Crippen LogP contribution in [0, 0.1) is 0 Å². The normalized spacial score (nSPS) is 15.7. The number of hydrogen-bond donors (Lipinski definition) is 0. The van der Waals surface area contributed by atoms with Crippen LogP contribution in [0.1, 0.15) is 49.1 Å². The van der Waals surface area contributed by atoms with Crippen LogP contribution in [0.2, 0.25) is 0 Å². The van der Waals surface area contributed by atoms with Crippen molar-refractivity contribution in [2.45, 2.75) is 46.1 Å². The predicted molar refractivity (Wildman–Crippen MR) is 63.3 cm³/mol. The molecule has 0 fully saturated rings. The molecule has 0 aliphatic heterocycles. The summed E-state index contributed by atoms with van der Waals surface area (Å²) in [7, 11) is 0. The van der Waals surface area contributed by atoms with E-state index in [2.05, 4.69) is 32.9 Å².